The zero-order valence-electron chi connectivity index (χ0n) is 9.75. The second-order valence-corrected chi connectivity index (χ2v) is 6.13. The van der Waals surface area contributed by atoms with Gasteiger partial charge in [-0.15, -0.1) is 0 Å². The van der Waals surface area contributed by atoms with Crippen LogP contribution in [0.5, 0.6) is 0 Å². The molecule has 0 saturated heterocycles. The summed E-state index contributed by atoms with van der Waals surface area (Å²) in [6.07, 6.45) is -4.52. The number of halogens is 2. The van der Waals surface area contributed by atoms with Crippen LogP contribution in [0, 0.1) is 0 Å². The van der Waals surface area contributed by atoms with E-state index in [1.54, 1.807) is 0 Å². The topological polar surface area (TPSA) is 93.1 Å². The molecule has 0 unspecified atom stereocenters. The molecule has 1 aliphatic rings. The Hall–Kier alpha value is -0.180. The highest BCUT2D eigenvalue weighted by atomic mass is 79.9. The van der Waals surface area contributed by atoms with Crippen molar-refractivity contribution in [2.24, 2.45) is 0 Å². The summed E-state index contributed by atoms with van der Waals surface area (Å²) in [4.78, 5) is 20.9. The van der Waals surface area contributed by atoms with E-state index in [0.717, 1.165) is 0 Å². The number of carbonyl (C=O) groups is 2. The summed E-state index contributed by atoms with van der Waals surface area (Å²) in [5.41, 5.74) is 0. The first-order chi connectivity index (χ1) is 8.25. The smallest absolute Gasteiger partial charge is 0.303 e. The Morgan fingerprint density at radius 3 is 1.39 bits per heavy atom. The molecule has 0 aromatic carbocycles. The molecule has 1 rings (SSSR count). The molecule has 1 aliphatic carbocycles. The molecular formula is C10H14Br2O6. The van der Waals surface area contributed by atoms with Crippen LogP contribution in [-0.2, 0) is 19.1 Å². The van der Waals surface area contributed by atoms with Crippen LogP contribution in [0.4, 0.5) is 0 Å². The zero-order valence-corrected chi connectivity index (χ0v) is 12.9. The number of hydrogen-bond donors (Lipinski definition) is 2. The SMILES string of the molecule is CC(=O)O[C@H]1[C@H](O)[C@H](O)[C@H](OC(C)=O)[C@@H](Br)[C@@H]1Br. The van der Waals surface area contributed by atoms with Crippen LogP contribution in [-0.4, -0.2) is 56.2 Å². The van der Waals surface area contributed by atoms with Gasteiger partial charge < -0.3 is 19.7 Å². The third kappa shape index (κ3) is 3.43. The first kappa shape index (κ1) is 15.9. The summed E-state index contributed by atoms with van der Waals surface area (Å²) in [7, 11) is 0. The number of alkyl halides is 2. The fraction of sp³-hybridized carbons (Fsp3) is 0.800. The van der Waals surface area contributed by atoms with Gasteiger partial charge in [-0.1, -0.05) is 31.9 Å². The molecule has 0 aromatic rings. The van der Waals surface area contributed by atoms with E-state index in [2.05, 4.69) is 31.9 Å². The van der Waals surface area contributed by atoms with Crippen molar-refractivity contribution in [1.29, 1.82) is 0 Å². The van der Waals surface area contributed by atoms with Gasteiger partial charge in [-0.25, -0.2) is 0 Å². The summed E-state index contributed by atoms with van der Waals surface area (Å²) < 4.78 is 9.89. The molecule has 8 heteroatoms. The van der Waals surface area contributed by atoms with Crippen molar-refractivity contribution in [3.8, 4) is 0 Å². The third-order valence-corrected chi connectivity index (χ3v) is 5.45. The highest BCUT2D eigenvalue weighted by Gasteiger charge is 2.51. The van der Waals surface area contributed by atoms with E-state index in [4.69, 9.17) is 9.47 Å². The van der Waals surface area contributed by atoms with Gasteiger partial charge >= 0.3 is 11.9 Å². The molecule has 0 radical (unpaired) electrons. The molecule has 0 bridgehead atoms. The molecule has 0 heterocycles. The molecule has 0 aliphatic heterocycles. The summed E-state index contributed by atoms with van der Waals surface area (Å²) in [5.74, 6) is -1.14. The molecule has 6 nitrogen and oxygen atoms in total. The van der Waals surface area contributed by atoms with E-state index in [1.807, 2.05) is 0 Å². The maximum absolute atomic E-state index is 10.9. The highest BCUT2D eigenvalue weighted by molar-refractivity contribution is 9.12. The molecular weight excluding hydrogens is 376 g/mol. The largest absolute Gasteiger partial charge is 0.458 e. The molecule has 18 heavy (non-hydrogen) atoms. The Bertz CT molecular complexity index is 288. The molecule has 1 fully saturated rings. The Morgan fingerprint density at radius 1 is 0.889 bits per heavy atom. The van der Waals surface area contributed by atoms with Crippen LogP contribution >= 0.6 is 31.9 Å². The number of carbonyl (C=O) groups excluding carboxylic acids is 2. The van der Waals surface area contributed by atoms with Crippen LogP contribution in [0.1, 0.15) is 13.8 Å². The molecule has 104 valence electrons. The lowest BCUT2D eigenvalue weighted by atomic mass is 9.89. The van der Waals surface area contributed by atoms with Crippen LogP contribution in [0.25, 0.3) is 0 Å². The van der Waals surface area contributed by atoms with Gasteiger partial charge in [0.2, 0.25) is 0 Å². The molecule has 2 N–H and O–H groups in total. The Balaban J connectivity index is 2.87. The van der Waals surface area contributed by atoms with Crippen LogP contribution in [0.3, 0.4) is 0 Å². The predicted molar refractivity (Wildman–Crippen MR) is 68.6 cm³/mol. The summed E-state index contributed by atoms with van der Waals surface area (Å²) in [6.45, 7) is 2.42. The van der Waals surface area contributed by atoms with E-state index in [9.17, 15) is 19.8 Å². The number of aliphatic hydroxyl groups is 2. The molecule has 0 spiro atoms. The van der Waals surface area contributed by atoms with Gasteiger partial charge in [0.1, 0.15) is 24.4 Å². The van der Waals surface area contributed by atoms with Crippen molar-refractivity contribution < 1.29 is 29.3 Å². The summed E-state index contributed by atoms with van der Waals surface area (Å²) in [6, 6.07) is 0. The average molecular weight is 390 g/mol. The number of ether oxygens (including phenoxy) is 2. The molecule has 0 aromatic heterocycles. The third-order valence-electron chi connectivity index (χ3n) is 2.56. The highest BCUT2D eigenvalue weighted by Crippen LogP contribution is 2.34. The van der Waals surface area contributed by atoms with E-state index >= 15 is 0 Å². The number of rotatable bonds is 2. The predicted octanol–water partition coefficient (Wildman–Crippen LogP) is 0.112. The first-order valence-electron chi connectivity index (χ1n) is 5.24. The van der Waals surface area contributed by atoms with Gasteiger partial charge in [0.05, 0.1) is 9.65 Å². The Morgan fingerprint density at radius 2 is 1.17 bits per heavy atom. The molecule has 6 atom stereocenters. The van der Waals surface area contributed by atoms with Crippen molar-refractivity contribution in [3.63, 3.8) is 0 Å². The van der Waals surface area contributed by atoms with Crippen molar-refractivity contribution >= 4 is 43.8 Å². The first-order valence-corrected chi connectivity index (χ1v) is 7.07. The minimum absolute atomic E-state index is 0.496. The lowest BCUT2D eigenvalue weighted by Gasteiger charge is -2.42. The van der Waals surface area contributed by atoms with Crippen molar-refractivity contribution in [2.75, 3.05) is 0 Å². The summed E-state index contributed by atoms with van der Waals surface area (Å²) >= 11 is 6.52. The maximum Gasteiger partial charge on any atom is 0.303 e. The van der Waals surface area contributed by atoms with Crippen LogP contribution in [0.2, 0.25) is 0 Å². The maximum atomic E-state index is 10.9. The zero-order chi connectivity index (χ0) is 14.0. The fourth-order valence-corrected chi connectivity index (χ4v) is 3.22. The van der Waals surface area contributed by atoms with Crippen LogP contribution < -0.4 is 0 Å². The van der Waals surface area contributed by atoms with Crippen molar-refractivity contribution in [2.45, 2.75) is 47.9 Å². The standard InChI is InChI=1S/C10H14Br2O6/c1-3(13)17-9-5(11)6(12)10(18-4(2)14)8(16)7(9)15/h5-10,15-16H,1-2H3/t5-,6-,7-,8+,9+,10+/m0/s1. The van der Waals surface area contributed by atoms with Crippen LogP contribution in [0.15, 0.2) is 0 Å². The van der Waals surface area contributed by atoms with Gasteiger partial charge in [0.25, 0.3) is 0 Å². The second-order valence-electron chi connectivity index (χ2n) is 4.02. The minimum atomic E-state index is -1.34. The lowest BCUT2D eigenvalue weighted by molar-refractivity contribution is -0.182. The monoisotopic (exact) mass is 388 g/mol. The average Bonchev–Trinajstić information content (AvgIpc) is 2.27. The number of aliphatic hydroxyl groups excluding tert-OH is 2. The number of hydrogen-bond acceptors (Lipinski definition) is 6. The van der Waals surface area contributed by atoms with Gasteiger partial charge in [-0.05, 0) is 0 Å². The Labute approximate surface area is 121 Å². The van der Waals surface area contributed by atoms with E-state index < -0.39 is 46.0 Å². The van der Waals surface area contributed by atoms with Gasteiger partial charge in [-0.3, -0.25) is 9.59 Å². The minimum Gasteiger partial charge on any atom is -0.458 e. The molecule has 0 amide bonds. The molecule has 1 saturated carbocycles. The van der Waals surface area contributed by atoms with Gasteiger partial charge in [0.15, 0.2) is 0 Å². The van der Waals surface area contributed by atoms with Crippen molar-refractivity contribution in [3.05, 3.63) is 0 Å². The Kier molecular flexibility index (Phi) is 5.57. The lowest BCUT2D eigenvalue weighted by Crippen LogP contribution is -2.62. The van der Waals surface area contributed by atoms with Gasteiger partial charge in [0, 0.05) is 13.8 Å². The quantitative estimate of drug-likeness (QED) is 0.514. The fourth-order valence-electron chi connectivity index (χ4n) is 1.78. The van der Waals surface area contributed by atoms with Gasteiger partial charge in [-0.2, -0.15) is 0 Å². The van der Waals surface area contributed by atoms with E-state index in [1.165, 1.54) is 13.8 Å². The normalized spacial score (nSPS) is 40.1. The number of esters is 2. The summed E-state index contributed by atoms with van der Waals surface area (Å²) in [5, 5.41) is 19.8. The van der Waals surface area contributed by atoms with Crippen molar-refractivity contribution in [1.82, 2.24) is 0 Å². The second kappa shape index (κ2) is 6.31. The van der Waals surface area contributed by atoms with E-state index in [0.29, 0.717) is 0 Å². The van der Waals surface area contributed by atoms with E-state index in [-0.39, 0.29) is 0 Å².